The van der Waals surface area contributed by atoms with E-state index in [2.05, 4.69) is 6.07 Å². The molecule has 0 fully saturated rings. The summed E-state index contributed by atoms with van der Waals surface area (Å²) in [4.78, 5) is 30.9. The van der Waals surface area contributed by atoms with E-state index in [0.717, 1.165) is 23.3 Å². The van der Waals surface area contributed by atoms with Crippen molar-refractivity contribution in [3.8, 4) is 5.75 Å². The van der Waals surface area contributed by atoms with Gasteiger partial charge in [0.05, 0.1) is 21.2 Å². The van der Waals surface area contributed by atoms with Gasteiger partial charge < -0.3 is 4.74 Å². The molecule has 0 unspecified atom stereocenters. The van der Waals surface area contributed by atoms with Crippen LogP contribution in [0.4, 0.5) is 10.1 Å². The van der Waals surface area contributed by atoms with E-state index in [1.165, 1.54) is 29.0 Å². The molecule has 0 saturated carbocycles. The molecule has 2 heterocycles. The first-order valence-electron chi connectivity index (χ1n) is 13.8. The van der Waals surface area contributed by atoms with Crippen LogP contribution in [0.3, 0.4) is 0 Å². The molecule has 0 radical (unpaired) electrons. The third-order valence-corrected chi connectivity index (χ3v) is 8.80. The Morgan fingerprint density at radius 3 is 2.65 bits per heavy atom. The number of nitro benzene ring substituents is 1. The van der Waals surface area contributed by atoms with E-state index in [9.17, 15) is 19.3 Å². The van der Waals surface area contributed by atoms with E-state index in [4.69, 9.17) is 9.73 Å². The van der Waals surface area contributed by atoms with Crippen LogP contribution in [0.2, 0.25) is 0 Å². The minimum atomic E-state index is -0.533. The molecule has 43 heavy (non-hydrogen) atoms. The van der Waals surface area contributed by atoms with Gasteiger partial charge in [-0.25, -0.2) is 9.38 Å². The third kappa shape index (κ3) is 4.87. The molecule has 1 aromatic heterocycles. The van der Waals surface area contributed by atoms with Gasteiger partial charge in [-0.15, -0.1) is 0 Å². The zero-order chi connectivity index (χ0) is 29.5. The molecule has 0 amide bonds. The first-order valence-corrected chi connectivity index (χ1v) is 14.6. The number of nitrogens with zero attached hydrogens (tertiary/aromatic N) is 3. The number of hydrogen-bond donors (Lipinski definition) is 0. The number of nitro groups is 1. The standard InChI is InChI=1S/C34H24FN3O4S/c35-28-14-5-2-10-24(28)20-42-29-15-6-3-9-22(29)19-30-33(39)37-32(23-11-7-12-25(18-23)38(40)41)27-17-16-21-8-1-4-13-26(21)31(27)36-34(37)43-30/h1-15,18-19,32H,16-17,20H2/b30-19+/t32-/m0/s1. The van der Waals surface area contributed by atoms with Gasteiger partial charge in [0.15, 0.2) is 4.80 Å². The number of halogens is 1. The maximum atomic E-state index is 14.2. The van der Waals surface area contributed by atoms with Crippen LogP contribution in [0.25, 0.3) is 11.8 Å². The van der Waals surface area contributed by atoms with Crippen molar-refractivity contribution >= 4 is 28.8 Å². The summed E-state index contributed by atoms with van der Waals surface area (Å²) in [6, 6.07) is 27.8. The van der Waals surface area contributed by atoms with Crippen LogP contribution in [-0.2, 0) is 13.0 Å². The van der Waals surface area contributed by atoms with Crippen molar-refractivity contribution < 1.29 is 14.1 Å². The van der Waals surface area contributed by atoms with Crippen molar-refractivity contribution in [2.24, 2.45) is 4.99 Å². The molecule has 0 spiro atoms. The number of benzene rings is 4. The summed E-state index contributed by atoms with van der Waals surface area (Å²) < 4.78 is 22.3. The number of hydrogen-bond acceptors (Lipinski definition) is 6. The Morgan fingerprint density at radius 1 is 1.00 bits per heavy atom. The van der Waals surface area contributed by atoms with Crippen molar-refractivity contribution in [1.29, 1.82) is 0 Å². The van der Waals surface area contributed by atoms with Crippen LogP contribution in [0.1, 0.15) is 40.3 Å². The Balaban J connectivity index is 1.38. The molecule has 0 bridgehead atoms. The molecular formula is C34H24FN3O4S. The highest BCUT2D eigenvalue weighted by Crippen LogP contribution is 2.41. The van der Waals surface area contributed by atoms with Gasteiger partial charge in [0.25, 0.3) is 11.2 Å². The summed E-state index contributed by atoms with van der Waals surface area (Å²) in [7, 11) is 0. The van der Waals surface area contributed by atoms with Gasteiger partial charge in [-0.2, -0.15) is 0 Å². The average Bonchev–Trinajstić information content (AvgIpc) is 3.34. The van der Waals surface area contributed by atoms with Gasteiger partial charge in [-0.1, -0.05) is 84.1 Å². The van der Waals surface area contributed by atoms with E-state index < -0.39 is 11.0 Å². The van der Waals surface area contributed by atoms with Crippen LogP contribution in [0.5, 0.6) is 5.75 Å². The molecule has 5 aromatic rings. The Bertz CT molecular complexity index is 2130. The van der Waals surface area contributed by atoms with Gasteiger partial charge in [0, 0.05) is 28.8 Å². The van der Waals surface area contributed by atoms with Crippen molar-refractivity contribution in [3.05, 3.63) is 166 Å². The van der Waals surface area contributed by atoms with E-state index in [1.54, 1.807) is 47.0 Å². The van der Waals surface area contributed by atoms with Gasteiger partial charge in [-0.3, -0.25) is 19.5 Å². The summed E-state index contributed by atoms with van der Waals surface area (Å²) >= 11 is 1.27. The lowest BCUT2D eigenvalue weighted by atomic mass is 9.83. The Morgan fingerprint density at radius 2 is 1.79 bits per heavy atom. The minimum absolute atomic E-state index is 0.0316. The number of allylic oxidation sites excluding steroid dienone is 1. The topological polar surface area (TPSA) is 86.7 Å². The molecular weight excluding hydrogens is 565 g/mol. The molecule has 9 heteroatoms. The van der Waals surface area contributed by atoms with Crippen LogP contribution < -0.4 is 19.6 Å². The van der Waals surface area contributed by atoms with Crippen LogP contribution >= 0.6 is 11.3 Å². The van der Waals surface area contributed by atoms with Crippen LogP contribution in [-0.4, -0.2) is 9.49 Å². The second kappa shape index (κ2) is 10.9. The molecule has 4 aromatic carbocycles. The molecule has 0 N–H and O–H groups in total. The predicted octanol–water partition coefficient (Wildman–Crippen LogP) is 5.95. The van der Waals surface area contributed by atoms with Crippen molar-refractivity contribution in [2.75, 3.05) is 0 Å². The summed E-state index contributed by atoms with van der Waals surface area (Å²) in [6.07, 6.45) is 3.23. The first-order chi connectivity index (χ1) is 21.0. The lowest BCUT2D eigenvalue weighted by Gasteiger charge is -2.30. The van der Waals surface area contributed by atoms with Crippen molar-refractivity contribution in [2.45, 2.75) is 25.5 Å². The third-order valence-electron chi connectivity index (χ3n) is 7.82. The van der Waals surface area contributed by atoms with Gasteiger partial charge in [-0.05, 0) is 47.8 Å². The summed E-state index contributed by atoms with van der Waals surface area (Å²) in [6.45, 7) is 0.0394. The molecule has 2 aliphatic rings. The summed E-state index contributed by atoms with van der Waals surface area (Å²) in [5.41, 5.74) is 5.48. The average molecular weight is 590 g/mol. The number of fused-ring (bicyclic) bond motifs is 3. The second-order valence-electron chi connectivity index (χ2n) is 10.4. The largest absolute Gasteiger partial charge is 0.488 e. The van der Waals surface area contributed by atoms with Gasteiger partial charge in [0.1, 0.15) is 18.2 Å². The summed E-state index contributed by atoms with van der Waals surface area (Å²) in [5.74, 6) is 0.167. The molecule has 1 aliphatic heterocycles. The zero-order valence-corrected chi connectivity index (χ0v) is 23.6. The minimum Gasteiger partial charge on any atom is -0.488 e. The number of para-hydroxylation sites is 1. The predicted molar refractivity (Wildman–Crippen MR) is 163 cm³/mol. The first kappa shape index (κ1) is 26.7. The van der Waals surface area contributed by atoms with E-state index in [-0.39, 0.29) is 23.7 Å². The highest BCUT2D eigenvalue weighted by Gasteiger charge is 2.33. The molecule has 1 atom stereocenters. The van der Waals surface area contributed by atoms with Crippen LogP contribution in [0, 0.1) is 15.9 Å². The lowest BCUT2D eigenvalue weighted by molar-refractivity contribution is -0.384. The Labute approximate surface area is 249 Å². The molecule has 0 saturated heterocycles. The Kier molecular flexibility index (Phi) is 6.79. The van der Waals surface area contributed by atoms with E-state index in [1.807, 2.05) is 42.5 Å². The van der Waals surface area contributed by atoms with Crippen molar-refractivity contribution in [3.63, 3.8) is 0 Å². The molecule has 7 rings (SSSR count). The van der Waals surface area contributed by atoms with E-state index in [0.29, 0.717) is 38.2 Å². The molecule has 212 valence electrons. The number of aromatic nitrogens is 1. The molecule has 1 aliphatic carbocycles. The number of rotatable bonds is 6. The van der Waals surface area contributed by atoms with Gasteiger partial charge in [0.2, 0.25) is 0 Å². The lowest BCUT2D eigenvalue weighted by Crippen LogP contribution is -2.38. The fourth-order valence-corrected chi connectivity index (χ4v) is 6.77. The van der Waals surface area contributed by atoms with Gasteiger partial charge >= 0.3 is 0 Å². The quantitative estimate of drug-likeness (QED) is 0.181. The maximum absolute atomic E-state index is 14.2. The number of non-ortho nitro benzene ring substituents is 1. The summed E-state index contributed by atoms with van der Waals surface area (Å²) in [5, 5.41) is 11.7. The number of thiazole rings is 1. The highest BCUT2D eigenvalue weighted by molar-refractivity contribution is 7.07. The number of ether oxygens (including phenoxy) is 1. The normalized spacial score (nSPS) is 15.7. The smallest absolute Gasteiger partial charge is 0.271 e. The number of aryl methyl sites for hydroxylation is 1. The second-order valence-corrected chi connectivity index (χ2v) is 11.4. The SMILES string of the molecule is O=c1/c(=C\c2ccccc2OCc2ccccc2F)sc2n1[C@@H](c1cccc([N+](=O)[O-])c1)C1=C(N=2)c2ccccc2CC1. The zero-order valence-electron chi connectivity index (χ0n) is 22.8. The fraction of sp³-hybridized carbons (Fsp3) is 0.118. The maximum Gasteiger partial charge on any atom is 0.271 e. The molecule has 7 nitrogen and oxygen atoms in total. The highest BCUT2D eigenvalue weighted by atomic mass is 32.1. The van der Waals surface area contributed by atoms with Crippen molar-refractivity contribution in [1.82, 2.24) is 4.57 Å². The monoisotopic (exact) mass is 589 g/mol. The Hall–Kier alpha value is -5.15. The van der Waals surface area contributed by atoms with Crippen LogP contribution in [0.15, 0.2) is 112 Å². The fourth-order valence-electron chi connectivity index (χ4n) is 5.77. The van der Waals surface area contributed by atoms with E-state index >= 15 is 0 Å².